The Morgan fingerprint density at radius 3 is 2.87 bits per heavy atom. The number of nitrogens with one attached hydrogen (secondary N) is 1. The molecule has 23 heavy (non-hydrogen) atoms. The normalized spacial score (nSPS) is 11.6. The monoisotopic (exact) mass is 353 g/mol. The number of aromatic nitrogens is 2. The van der Waals surface area contributed by atoms with E-state index in [0.717, 1.165) is 0 Å². The number of hydrogen-bond acceptors (Lipinski definition) is 6. The maximum atomic E-state index is 13.2. The minimum Gasteiger partial charge on any atom is -0.333 e. The quantitative estimate of drug-likeness (QED) is 0.761. The maximum Gasteiger partial charge on any atom is 0.270 e. The predicted octanol–water partition coefficient (Wildman–Crippen LogP) is 3.19. The fourth-order valence-electron chi connectivity index (χ4n) is 1.99. The average Bonchev–Trinajstić information content (AvgIpc) is 3.06. The molecule has 3 aromatic rings. The Labute approximate surface area is 136 Å². The van der Waals surface area contributed by atoms with Crippen molar-refractivity contribution in [3.63, 3.8) is 0 Å². The second-order valence-corrected chi connectivity index (χ2v) is 7.44. The molecule has 0 amide bonds. The van der Waals surface area contributed by atoms with Crippen molar-refractivity contribution in [2.75, 3.05) is 4.72 Å². The minimum atomic E-state index is -3.70. The second kappa shape index (κ2) is 6.09. The maximum absolute atomic E-state index is 13.2. The van der Waals surface area contributed by atoms with Crippen LogP contribution in [0.25, 0.3) is 10.8 Å². The van der Waals surface area contributed by atoms with Gasteiger partial charge in [-0.1, -0.05) is 17.3 Å². The van der Waals surface area contributed by atoms with Gasteiger partial charge in [-0.25, -0.2) is 12.8 Å². The number of halogens is 1. The van der Waals surface area contributed by atoms with Gasteiger partial charge >= 0.3 is 0 Å². The molecule has 6 nitrogen and oxygen atoms in total. The Bertz CT molecular complexity index is 934. The van der Waals surface area contributed by atoms with Crippen LogP contribution in [0, 0.1) is 12.7 Å². The standard InChI is InChI=1S/C14H12FN3O3S2/c1-9-16-14(21-17-9)13-12(5-6-22-13)18-23(19,20)8-10-3-2-4-11(15)7-10/h2-7,18H,8H2,1H3. The summed E-state index contributed by atoms with van der Waals surface area (Å²) in [6, 6.07) is 7.09. The molecule has 0 atom stereocenters. The minimum absolute atomic E-state index is 0.251. The van der Waals surface area contributed by atoms with E-state index in [9.17, 15) is 12.8 Å². The number of aryl methyl sites for hydroxylation is 1. The van der Waals surface area contributed by atoms with Crippen LogP contribution in [0.4, 0.5) is 10.1 Å². The van der Waals surface area contributed by atoms with Gasteiger partial charge in [0.15, 0.2) is 5.82 Å². The lowest BCUT2D eigenvalue weighted by Crippen LogP contribution is -2.15. The van der Waals surface area contributed by atoms with Crippen LogP contribution < -0.4 is 4.72 Å². The van der Waals surface area contributed by atoms with Gasteiger partial charge in [-0.2, -0.15) is 4.98 Å². The molecule has 0 bridgehead atoms. The van der Waals surface area contributed by atoms with Crippen LogP contribution in [-0.4, -0.2) is 18.6 Å². The van der Waals surface area contributed by atoms with Crippen molar-refractivity contribution >= 4 is 27.0 Å². The predicted molar refractivity (Wildman–Crippen MR) is 85.0 cm³/mol. The molecule has 120 valence electrons. The number of anilines is 1. The number of sulfonamides is 1. The molecule has 0 radical (unpaired) electrons. The zero-order valence-electron chi connectivity index (χ0n) is 12.0. The van der Waals surface area contributed by atoms with Crippen molar-refractivity contribution in [2.24, 2.45) is 0 Å². The van der Waals surface area contributed by atoms with E-state index < -0.39 is 15.8 Å². The van der Waals surface area contributed by atoms with Gasteiger partial charge in [0, 0.05) is 0 Å². The summed E-state index contributed by atoms with van der Waals surface area (Å²) in [6.07, 6.45) is 0. The summed E-state index contributed by atoms with van der Waals surface area (Å²) >= 11 is 1.28. The van der Waals surface area contributed by atoms with Crippen LogP contribution in [0.1, 0.15) is 11.4 Å². The summed E-state index contributed by atoms with van der Waals surface area (Å²) in [7, 11) is -3.70. The Balaban J connectivity index is 1.83. The lowest BCUT2D eigenvalue weighted by atomic mass is 10.2. The number of hydrogen-bond donors (Lipinski definition) is 1. The molecule has 0 fully saturated rings. The third kappa shape index (κ3) is 3.74. The topological polar surface area (TPSA) is 85.1 Å². The van der Waals surface area contributed by atoms with Crippen molar-refractivity contribution in [3.8, 4) is 10.8 Å². The van der Waals surface area contributed by atoms with Gasteiger partial charge in [0.2, 0.25) is 10.0 Å². The van der Waals surface area contributed by atoms with Crippen molar-refractivity contribution in [2.45, 2.75) is 12.7 Å². The Morgan fingerprint density at radius 2 is 2.17 bits per heavy atom. The van der Waals surface area contributed by atoms with Gasteiger partial charge in [0.05, 0.1) is 11.4 Å². The van der Waals surface area contributed by atoms with Crippen molar-refractivity contribution in [3.05, 3.63) is 52.9 Å². The summed E-state index contributed by atoms with van der Waals surface area (Å²) in [5.74, 6) is -0.0960. The molecule has 0 spiro atoms. The van der Waals surface area contributed by atoms with Gasteiger partial charge in [0.25, 0.3) is 5.89 Å². The first-order chi connectivity index (χ1) is 10.9. The number of rotatable bonds is 5. The van der Waals surface area contributed by atoms with Crippen LogP contribution in [0.3, 0.4) is 0 Å². The SMILES string of the molecule is Cc1noc(-c2sccc2NS(=O)(=O)Cc2cccc(F)c2)n1. The van der Waals surface area contributed by atoms with E-state index in [1.165, 1.54) is 29.5 Å². The molecule has 2 heterocycles. The third-order valence-electron chi connectivity index (χ3n) is 2.90. The van der Waals surface area contributed by atoms with E-state index >= 15 is 0 Å². The Hall–Kier alpha value is -2.26. The molecular weight excluding hydrogens is 341 g/mol. The molecule has 0 saturated heterocycles. The fourth-order valence-corrected chi connectivity index (χ4v) is 4.02. The summed E-state index contributed by atoms with van der Waals surface area (Å²) in [6.45, 7) is 1.68. The molecule has 3 rings (SSSR count). The first kappa shape index (κ1) is 15.6. The van der Waals surface area contributed by atoms with E-state index in [4.69, 9.17) is 4.52 Å². The highest BCUT2D eigenvalue weighted by atomic mass is 32.2. The van der Waals surface area contributed by atoms with Crippen LogP contribution in [0.5, 0.6) is 0 Å². The van der Waals surface area contributed by atoms with Gasteiger partial charge in [-0.05, 0) is 36.1 Å². The Kier molecular flexibility index (Phi) is 4.14. The molecule has 0 aliphatic carbocycles. The third-order valence-corrected chi connectivity index (χ3v) is 5.04. The summed E-state index contributed by atoms with van der Waals surface area (Å²) in [5, 5.41) is 5.41. The molecule has 0 aliphatic rings. The van der Waals surface area contributed by atoms with Crippen molar-refractivity contribution in [1.82, 2.24) is 10.1 Å². The zero-order valence-corrected chi connectivity index (χ0v) is 13.6. The summed E-state index contributed by atoms with van der Waals surface area (Å²) in [4.78, 5) is 4.62. The van der Waals surface area contributed by atoms with Gasteiger partial charge in [-0.3, -0.25) is 4.72 Å². The number of benzene rings is 1. The van der Waals surface area contributed by atoms with Crippen LogP contribution >= 0.6 is 11.3 Å². The van der Waals surface area contributed by atoms with E-state index in [2.05, 4.69) is 14.9 Å². The highest BCUT2D eigenvalue weighted by Gasteiger charge is 2.19. The lowest BCUT2D eigenvalue weighted by Gasteiger charge is -2.07. The zero-order chi connectivity index (χ0) is 16.4. The van der Waals surface area contributed by atoms with Crippen molar-refractivity contribution < 1.29 is 17.3 Å². The number of nitrogens with zero attached hydrogens (tertiary/aromatic N) is 2. The first-order valence-electron chi connectivity index (χ1n) is 6.56. The Morgan fingerprint density at radius 1 is 1.35 bits per heavy atom. The second-order valence-electron chi connectivity index (χ2n) is 4.80. The van der Waals surface area contributed by atoms with E-state index in [1.807, 2.05) is 0 Å². The molecular formula is C14H12FN3O3S2. The van der Waals surface area contributed by atoms with E-state index in [1.54, 1.807) is 24.4 Å². The first-order valence-corrected chi connectivity index (χ1v) is 9.09. The molecule has 1 N–H and O–H groups in total. The van der Waals surface area contributed by atoms with Crippen LogP contribution in [0.15, 0.2) is 40.2 Å². The molecule has 2 aromatic heterocycles. The van der Waals surface area contributed by atoms with Gasteiger partial charge in [0.1, 0.15) is 10.7 Å². The summed E-state index contributed by atoms with van der Waals surface area (Å²) in [5.41, 5.74) is 0.720. The average molecular weight is 353 g/mol. The largest absolute Gasteiger partial charge is 0.333 e. The lowest BCUT2D eigenvalue weighted by molar-refractivity contribution is 0.426. The molecule has 0 unspecified atom stereocenters. The smallest absolute Gasteiger partial charge is 0.270 e. The van der Waals surface area contributed by atoms with E-state index in [0.29, 0.717) is 22.0 Å². The molecule has 0 saturated carbocycles. The summed E-state index contributed by atoms with van der Waals surface area (Å²) < 4.78 is 45.2. The van der Waals surface area contributed by atoms with Crippen LogP contribution in [-0.2, 0) is 15.8 Å². The highest BCUT2D eigenvalue weighted by molar-refractivity contribution is 7.92. The van der Waals surface area contributed by atoms with Crippen LogP contribution in [0.2, 0.25) is 0 Å². The van der Waals surface area contributed by atoms with E-state index in [-0.39, 0.29) is 11.6 Å². The van der Waals surface area contributed by atoms with Gasteiger partial charge < -0.3 is 4.52 Å². The molecule has 1 aromatic carbocycles. The fraction of sp³-hybridized carbons (Fsp3) is 0.143. The molecule has 9 heteroatoms. The van der Waals surface area contributed by atoms with Gasteiger partial charge in [-0.15, -0.1) is 11.3 Å². The molecule has 0 aliphatic heterocycles. The number of thiophene rings is 1. The highest BCUT2D eigenvalue weighted by Crippen LogP contribution is 2.33. The van der Waals surface area contributed by atoms with Crippen molar-refractivity contribution in [1.29, 1.82) is 0 Å².